The van der Waals surface area contributed by atoms with Crippen molar-refractivity contribution in [3.8, 4) is 0 Å². The Labute approximate surface area is 114 Å². The first kappa shape index (κ1) is 14.1. The lowest BCUT2D eigenvalue weighted by atomic mass is 9.95. The van der Waals surface area contributed by atoms with Crippen molar-refractivity contribution in [2.45, 2.75) is 52.2 Å². The normalized spacial score (nSPS) is 23.3. The number of hydrogen-bond donors (Lipinski definition) is 1. The van der Waals surface area contributed by atoms with Crippen LogP contribution in [0.3, 0.4) is 0 Å². The second kappa shape index (κ2) is 5.74. The van der Waals surface area contributed by atoms with Gasteiger partial charge in [0.25, 0.3) is 5.91 Å². The molecule has 1 aromatic rings. The summed E-state index contributed by atoms with van der Waals surface area (Å²) >= 11 is 0. The number of rotatable bonds is 4. The third-order valence-electron chi connectivity index (χ3n) is 3.93. The van der Waals surface area contributed by atoms with E-state index < -0.39 is 5.60 Å². The van der Waals surface area contributed by atoms with Gasteiger partial charge in [0.2, 0.25) is 0 Å². The third kappa shape index (κ3) is 3.15. The van der Waals surface area contributed by atoms with Crippen molar-refractivity contribution in [1.82, 2.24) is 14.9 Å². The highest BCUT2D eigenvalue weighted by atomic mass is 16.5. The van der Waals surface area contributed by atoms with Gasteiger partial charge in [-0.25, -0.2) is 4.98 Å². The number of nitrogens with zero attached hydrogens (tertiary/aromatic N) is 2. The number of ether oxygens (including phenoxy) is 1. The molecule has 0 spiro atoms. The Morgan fingerprint density at radius 2 is 2.32 bits per heavy atom. The lowest BCUT2D eigenvalue weighted by molar-refractivity contribution is -0.150. The average Bonchev–Trinajstić information content (AvgIpc) is 2.71. The predicted molar refractivity (Wildman–Crippen MR) is 72.9 cm³/mol. The fraction of sp³-hybridized carbons (Fsp3) is 0.714. The summed E-state index contributed by atoms with van der Waals surface area (Å²) in [7, 11) is 0. The van der Waals surface area contributed by atoms with Crippen LogP contribution in [0.1, 0.15) is 37.6 Å². The molecule has 0 radical (unpaired) electrons. The molecule has 2 rings (SSSR count). The van der Waals surface area contributed by atoms with Crippen LogP contribution in [0.5, 0.6) is 0 Å². The van der Waals surface area contributed by atoms with Crippen LogP contribution in [0.25, 0.3) is 0 Å². The second-order valence-electron chi connectivity index (χ2n) is 5.40. The van der Waals surface area contributed by atoms with Gasteiger partial charge in [-0.1, -0.05) is 0 Å². The Hall–Kier alpha value is -1.36. The maximum absolute atomic E-state index is 12.1. The zero-order valence-corrected chi connectivity index (χ0v) is 12.0. The molecule has 1 saturated heterocycles. The number of imidazole rings is 1. The Bertz CT molecular complexity index is 448. The highest BCUT2D eigenvalue weighted by Gasteiger charge is 2.35. The van der Waals surface area contributed by atoms with E-state index in [1.165, 1.54) is 0 Å². The quantitative estimate of drug-likeness (QED) is 0.899. The molecule has 1 aliphatic heterocycles. The topological polar surface area (TPSA) is 56.2 Å². The monoisotopic (exact) mass is 265 g/mol. The van der Waals surface area contributed by atoms with Crippen LogP contribution >= 0.6 is 0 Å². The standard InChI is InChI=1S/C14H23N3O2/c1-11-12(2)17(10-16-11)8-7-15-13(18)14(3)6-4-5-9-19-14/h10H,4-9H2,1-3H3,(H,15,18). The van der Waals surface area contributed by atoms with Gasteiger partial charge in [0.05, 0.1) is 12.0 Å². The van der Waals surface area contributed by atoms with E-state index in [2.05, 4.69) is 14.9 Å². The van der Waals surface area contributed by atoms with Crippen LogP contribution < -0.4 is 5.32 Å². The Morgan fingerprint density at radius 3 is 2.89 bits per heavy atom. The molecule has 19 heavy (non-hydrogen) atoms. The molecule has 0 aliphatic carbocycles. The van der Waals surface area contributed by atoms with Gasteiger partial charge in [0.15, 0.2) is 0 Å². The molecule has 1 unspecified atom stereocenters. The lowest BCUT2D eigenvalue weighted by Crippen LogP contribution is -2.49. The van der Waals surface area contributed by atoms with Gasteiger partial charge in [-0.05, 0) is 40.0 Å². The van der Waals surface area contributed by atoms with Crippen molar-refractivity contribution < 1.29 is 9.53 Å². The summed E-state index contributed by atoms with van der Waals surface area (Å²) in [5.74, 6) is 0.00157. The molecule has 1 fully saturated rings. The summed E-state index contributed by atoms with van der Waals surface area (Å²) in [6.07, 6.45) is 4.73. The summed E-state index contributed by atoms with van der Waals surface area (Å²) in [4.78, 5) is 16.4. The molecule has 2 heterocycles. The molecule has 1 atom stereocenters. The molecule has 106 valence electrons. The molecular formula is C14H23N3O2. The van der Waals surface area contributed by atoms with Gasteiger partial charge in [-0.15, -0.1) is 0 Å². The molecule has 5 nitrogen and oxygen atoms in total. The molecule has 0 saturated carbocycles. The third-order valence-corrected chi connectivity index (χ3v) is 3.93. The Kier molecular flexibility index (Phi) is 4.24. The Morgan fingerprint density at radius 1 is 1.53 bits per heavy atom. The Balaban J connectivity index is 1.82. The number of nitrogens with one attached hydrogen (secondary N) is 1. The van der Waals surface area contributed by atoms with Gasteiger partial charge in [-0.3, -0.25) is 4.79 Å². The summed E-state index contributed by atoms with van der Waals surface area (Å²) in [6, 6.07) is 0. The predicted octanol–water partition coefficient (Wildman–Crippen LogP) is 1.58. The first-order valence-corrected chi connectivity index (χ1v) is 6.93. The number of aromatic nitrogens is 2. The van der Waals surface area contributed by atoms with Crippen LogP contribution in [0, 0.1) is 13.8 Å². The first-order valence-electron chi connectivity index (χ1n) is 6.93. The van der Waals surface area contributed by atoms with Gasteiger partial charge in [0, 0.05) is 25.4 Å². The molecular weight excluding hydrogens is 242 g/mol. The summed E-state index contributed by atoms with van der Waals surface area (Å²) < 4.78 is 7.68. The average molecular weight is 265 g/mol. The molecule has 1 amide bonds. The molecule has 1 aliphatic rings. The number of hydrogen-bond acceptors (Lipinski definition) is 3. The maximum atomic E-state index is 12.1. The lowest BCUT2D eigenvalue weighted by Gasteiger charge is -2.32. The van der Waals surface area contributed by atoms with E-state index >= 15 is 0 Å². The fourth-order valence-electron chi connectivity index (χ4n) is 2.36. The molecule has 1 N–H and O–H groups in total. The number of amides is 1. The fourth-order valence-corrected chi connectivity index (χ4v) is 2.36. The minimum Gasteiger partial charge on any atom is -0.365 e. The van der Waals surface area contributed by atoms with E-state index in [1.54, 1.807) is 0 Å². The summed E-state index contributed by atoms with van der Waals surface area (Å²) in [5.41, 5.74) is 1.54. The number of aryl methyl sites for hydroxylation is 1. The van der Waals surface area contributed by atoms with Crippen LogP contribution in [-0.4, -0.2) is 34.2 Å². The molecule has 0 aromatic carbocycles. The van der Waals surface area contributed by atoms with E-state index in [1.807, 2.05) is 27.1 Å². The summed E-state index contributed by atoms with van der Waals surface area (Å²) in [6.45, 7) is 7.94. The number of carbonyl (C=O) groups excluding carboxylic acids is 1. The largest absolute Gasteiger partial charge is 0.365 e. The minimum atomic E-state index is -0.641. The van der Waals surface area contributed by atoms with Gasteiger partial charge in [0.1, 0.15) is 5.60 Å². The van der Waals surface area contributed by atoms with Crippen molar-refractivity contribution in [2.24, 2.45) is 0 Å². The first-order chi connectivity index (χ1) is 9.03. The van der Waals surface area contributed by atoms with Crippen LogP contribution in [-0.2, 0) is 16.1 Å². The highest BCUT2D eigenvalue weighted by molar-refractivity contribution is 5.84. The van der Waals surface area contributed by atoms with E-state index in [9.17, 15) is 4.79 Å². The molecule has 5 heteroatoms. The van der Waals surface area contributed by atoms with Crippen molar-refractivity contribution >= 4 is 5.91 Å². The zero-order chi connectivity index (χ0) is 13.9. The maximum Gasteiger partial charge on any atom is 0.252 e. The van der Waals surface area contributed by atoms with Crippen molar-refractivity contribution in [2.75, 3.05) is 13.2 Å². The zero-order valence-electron chi connectivity index (χ0n) is 12.0. The summed E-state index contributed by atoms with van der Waals surface area (Å²) in [5, 5.41) is 2.97. The molecule has 1 aromatic heterocycles. The highest BCUT2D eigenvalue weighted by Crippen LogP contribution is 2.24. The molecule has 0 bridgehead atoms. The SMILES string of the molecule is Cc1ncn(CCNC(=O)C2(C)CCCCO2)c1C. The van der Waals surface area contributed by atoms with Gasteiger partial charge >= 0.3 is 0 Å². The van der Waals surface area contributed by atoms with Crippen LogP contribution in [0.2, 0.25) is 0 Å². The van der Waals surface area contributed by atoms with Gasteiger partial charge < -0.3 is 14.6 Å². The van der Waals surface area contributed by atoms with Gasteiger partial charge in [-0.2, -0.15) is 0 Å². The number of carbonyl (C=O) groups is 1. The van der Waals surface area contributed by atoms with Crippen molar-refractivity contribution in [3.63, 3.8) is 0 Å². The van der Waals surface area contributed by atoms with Crippen molar-refractivity contribution in [1.29, 1.82) is 0 Å². The minimum absolute atomic E-state index is 0.00157. The van der Waals surface area contributed by atoms with E-state index in [4.69, 9.17) is 4.74 Å². The smallest absolute Gasteiger partial charge is 0.252 e. The second-order valence-corrected chi connectivity index (χ2v) is 5.40. The van der Waals surface area contributed by atoms with E-state index in [0.717, 1.165) is 37.2 Å². The van der Waals surface area contributed by atoms with E-state index in [0.29, 0.717) is 13.2 Å². The van der Waals surface area contributed by atoms with Crippen LogP contribution in [0.4, 0.5) is 0 Å². The van der Waals surface area contributed by atoms with E-state index in [-0.39, 0.29) is 5.91 Å². The van der Waals surface area contributed by atoms with Crippen LogP contribution in [0.15, 0.2) is 6.33 Å². The van der Waals surface area contributed by atoms with Crippen molar-refractivity contribution in [3.05, 3.63) is 17.7 Å².